The first kappa shape index (κ1) is 16.0. The Hall–Kier alpha value is 0. The van der Waals surface area contributed by atoms with Crippen LogP contribution >= 0.6 is 0 Å². The van der Waals surface area contributed by atoms with Crippen LogP contribution < -0.4 is 0 Å². The molecule has 0 spiro atoms. The van der Waals surface area contributed by atoms with Gasteiger partial charge in [-0.1, -0.05) is 86.0 Å². The van der Waals surface area contributed by atoms with Crippen LogP contribution in [0.15, 0.2) is 0 Å². The van der Waals surface area contributed by atoms with Crippen LogP contribution in [0.4, 0.5) is 0 Å². The molecule has 0 saturated carbocycles. The number of unbranched alkanes of at least 4 members (excludes halogenated alkanes) is 5. The molecule has 0 bridgehead atoms. The highest BCUT2D eigenvalue weighted by Crippen LogP contribution is 2.22. The standard InChI is InChI=1S/C16H33/c1-6-15(2)13-11-9-7-8-10-12-14-16(3,4)5/h15H,1,6-14H2,2-5H3. The Morgan fingerprint density at radius 2 is 1.38 bits per heavy atom. The van der Waals surface area contributed by atoms with Crippen molar-refractivity contribution in [3.05, 3.63) is 6.92 Å². The summed E-state index contributed by atoms with van der Waals surface area (Å²) < 4.78 is 0. The summed E-state index contributed by atoms with van der Waals surface area (Å²) in [7, 11) is 0. The minimum Gasteiger partial charge on any atom is -0.0625 e. The maximum atomic E-state index is 3.95. The monoisotopic (exact) mass is 225 g/mol. The molecule has 1 radical (unpaired) electrons. The third-order valence-electron chi connectivity index (χ3n) is 3.37. The maximum Gasteiger partial charge on any atom is -0.0383 e. The van der Waals surface area contributed by atoms with Crippen LogP contribution in [0.1, 0.15) is 85.5 Å². The summed E-state index contributed by atoms with van der Waals surface area (Å²) in [5, 5.41) is 0. The lowest BCUT2D eigenvalue weighted by Crippen LogP contribution is -2.03. The van der Waals surface area contributed by atoms with Crippen molar-refractivity contribution in [3.63, 3.8) is 0 Å². The van der Waals surface area contributed by atoms with E-state index in [1.54, 1.807) is 0 Å². The van der Waals surface area contributed by atoms with E-state index in [1.165, 1.54) is 51.4 Å². The molecule has 0 rings (SSSR count). The van der Waals surface area contributed by atoms with Gasteiger partial charge in [0.25, 0.3) is 0 Å². The quantitative estimate of drug-likeness (QED) is 0.421. The molecule has 97 valence electrons. The van der Waals surface area contributed by atoms with Crippen molar-refractivity contribution in [1.82, 2.24) is 0 Å². The Kier molecular flexibility index (Phi) is 9.07. The van der Waals surface area contributed by atoms with Gasteiger partial charge in [-0.2, -0.15) is 0 Å². The van der Waals surface area contributed by atoms with Crippen LogP contribution in [-0.4, -0.2) is 0 Å². The first-order valence-corrected chi connectivity index (χ1v) is 7.25. The Labute approximate surface area is 104 Å². The van der Waals surface area contributed by atoms with Gasteiger partial charge in [-0.25, -0.2) is 0 Å². The molecule has 0 aromatic heterocycles. The van der Waals surface area contributed by atoms with Crippen molar-refractivity contribution < 1.29 is 0 Å². The van der Waals surface area contributed by atoms with Gasteiger partial charge in [-0.05, 0) is 17.8 Å². The Bertz CT molecular complexity index is 141. The summed E-state index contributed by atoms with van der Waals surface area (Å²) in [6, 6.07) is 0. The van der Waals surface area contributed by atoms with Gasteiger partial charge in [0.1, 0.15) is 0 Å². The summed E-state index contributed by atoms with van der Waals surface area (Å²) in [6.07, 6.45) is 12.4. The second-order valence-electron chi connectivity index (χ2n) is 6.61. The highest BCUT2D eigenvalue weighted by Gasteiger charge is 2.08. The minimum atomic E-state index is 0.531. The molecule has 1 atom stereocenters. The van der Waals surface area contributed by atoms with Crippen LogP contribution in [0.25, 0.3) is 0 Å². The zero-order valence-corrected chi connectivity index (χ0v) is 12.1. The maximum absolute atomic E-state index is 3.95. The molecule has 0 amide bonds. The van der Waals surface area contributed by atoms with Crippen molar-refractivity contribution in [3.8, 4) is 0 Å². The smallest absolute Gasteiger partial charge is 0.0383 e. The summed E-state index contributed by atoms with van der Waals surface area (Å²) >= 11 is 0. The lowest BCUT2D eigenvalue weighted by molar-refractivity contribution is 0.356. The molecular formula is C16H33. The molecule has 0 N–H and O–H groups in total. The van der Waals surface area contributed by atoms with Gasteiger partial charge in [-0.3, -0.25) is 0 Å². The van der Waals surface area contributed by atoms with Gasteiger partial charge in [0.2, 0.25) is 0 Å². The summed E-state index contributed by atoms with van der Waals surface area (Å²) in [5.74, 6) is 0.834. The molecule has 0 nitrogen and oxygen atoms in total. The van der Waals surface area contributed by atoms with Gasteiger partial charge in [0.15, 0.2) is 0 Å². The predicted octanol–water partition coefficient (Wildman–Crippen LogP) is 6.01. The van der Waals surface area contributed by atoms with E-state index >= 15 is 0 Å². The fraction of sp³-hybridized carbons (Fsp3) is 0.938. The Morgan fingerprint density at radius 3 is 1.88 bits per heavy atom. The average molecular weight is 225 g/mol. The molecule has 16 heavy (non-hydrogen) atoms. The Morgan fingerprint density at radius 1 is 0.875 bits per heavy atom. The van der Waals surface area contributed by atoms with Crippen molar-refractivity contribution in [2.45, 2.75) is 85.5 Å². The first-order valence-electron chi connectivity index (χ1n) is 7.25. The number of rotatable bonds is 9. The summed E-state index contributed by atoms with van der Waals surface area (Å²) in [4.78, 5) is 0. The molecule has 0 aliphatic carbocycles. The van der Waals surface area contributed by atoms with E-state index in [0.717, 1.165) is 12.3 Å². The molecule has 0 aromatic rings. The summed E-state index contributed by atoms with van der Waals surface area (Å²) in [6.45, 7) is 13.3. The van der Waals surface area contributed by atoms with Crippen molar-refractivity contribution in [2.75, 3.05) is 0 Å². The molecule has 0 aromatic carbocycles. The zero-order chi connectivity index (χ0) is 12.4. The molecule has 1 unspecified atom stereocenters. The molecule has 0 aliphatic rings. The van der Waals surface area contributed by atoms with Crippen LogP contribution in [0, 0.1) is 18.3 Å². The predicted molar refractivity (Wildman–Crippen MR) is 75.5 cm³/mol. The van der Waals surface area contributed by atoms with Crippen LogP contribution in [0.5, 0.6) is 0 Å². The highest BCUT2D eigenvalue weighted by molar-refractivity contribution is 4.61. The van der Waals surface area contributed by atoms with Gasteiger partial charge in [0, 0.05) is 0 Å². The first-order chi connectivity index (χ1) is 7.45. The number of hydrogen-bond donors (Lipinski definition) is 0. The van der Waals surface area contributed by atoms with Crippen molar-refractivity contribution in [1.29, 1.82) is 0 Å². The minimum absolute atomic E-state index is 0.531. The second-order valence-corrected chi connectivity index (χ2v) is 6.61. The van der Waals surface area contributed by atoms with E-state index in [1.807, 2.05) is 0 Å². The zero-order valence-electron chi connectivity index (χ0n) is 12.1. The molecule has 0 heterocycles. The van der Waals surface area contributed by atoms with E-state index in [2.05, 4.69) is 34.6 Å². The van der Waals surface area contributed by atoms with Gasteiger partial charge < -0.3 is 0 Å². The van der Waals surface area contributed by atoms with Gasteiger partial charge >= 0.3 is 0 Å². The summed E-state index contributed by atoms with van der Waals surface area (Å²) in [5.41, 5.74) is 0.531. The molecule has 0 saturated heterocycles. The third kappa shape index (κ3) is 12.1. The van der Waals surface area contributed by atoms with Gasteiger partial charge in [0.05, 0.1) is 0 Å². The largest absolute Gasteiger partial charge is 0.0625 e. The topological polar surface area (TPSA) is 0 Å². The third-order valence-corrected chi connectivity index (χ3v) is 3.37. The van der Waals surface area contributed by atoms with E-state index in [0.29, 0.717) is 5.41 Å². The fourth-order valence-electron chi connectivity index (χ4n) is 2.00. The number of hydrogen-bond acceptors (Lipinski definition) is 0. The van der Waals surface area contributed by atoms with Gasteiger partial charge in [-0.15, -0.1) is 0 Å². The van der Waals surface area contributed by atoms with Crippen LogP contribution in [0.3, 0.4) is 0 Å². The molecule has 0 heteroatoms. The van der Waals surface area contributed by atoms with Crippen molar-refractivity contribution >= 4 is 0 Å². The van der Waals surface area contributed by atoms with E-state index in [-0.39, 0.29) is 0 Å². The Balaban J connectivity index is 3.10. The average Bonchev–Trinajstić information content (AvgIpc) is 2.20. The normalized spacial score (nSPS) is 14.1. The molecule has 0 aliphatic heterocycles. The molecule has 0 fully saturated rings. The van der Waals surface area contributed by atoms with Crippen molar-refractivity contribution in [2.24, 2.45) is 11.3 Å². The van der Waals surface area contributed by atoms with Crippen LogP contribution in [-0.2, 0) is 0 Å². The van der Waals surface area contributed by atoms with E-state index in [9.17, 15) is 0 Å². The SMILES string of the molecule is [CH2]CC(C)CCCCCCCCC(C)(C)C. The van der Waals surface area contributed by atoms with E-state index in [4.69, 9.17) is 0 Å². The fourth-order valence-corrected chi connectivity index (χ4v) is 2.00. The second kappa shape index (κ2) is 9.07. The highest BCUT2D eigenvalue weighted by atomic mass is 14.1. The van der Waals surface area contributed by atoms with E-state index < -0.39 is 0 Å². The lowest BCUT2D eigenvalue weighted by atomic mass is 9.89. The lowest BCUT2D eigenvalue weighted by Gasteiger charge is -2.17. The van der Waals surface area contributed by atoms with Crippen LogP contribution in [0.2, 0.25) is 0 Å². The molecular weight excluding hydrogens is 192 g/mol.